The van der Waals surface area contributed by atoms with Crippen LogP contribution in [0, 0.1) is 5.92 Å². The fourth-order valence-corrected chi connectivity index (χ4v) is 3.07. The summed E-state index contributed by atoms with van der Waals surface area (Å²) < 4.78 is 0. The highest BCUT2D eigenvalue weighted by Crippen LogP contribution is 2.25. The van der Waals surface area contributed by atoms with E-state index in [4.69, 9.17) is 5.11 Å². The molecule has 2 unspecified atom stereocenters. The number of aliphatic hydroxyl groups is 1. The lowest BCUT2D eigenvalue weighted by Gasteiger charge is -2.14. The predicted octanol–water partition coefficient (Wildman–Crippen LogP) is 1.70. The highest BCUT2D eigenvalue weighted by Gasteiger charge is 2.24. The molecule has 3 N–H and O–H groups in total. The topological polar surface area (TPSA) is 69.6 Å². The molecule has 2 rings (SSSR count). The van der Waals surface area contributed by atoms with Crippen molar-refractivity contribution in [2.24, 2.45) is 5.92 Å². The predicted molar refractivity (Wildman–Crippen MR) is 66.3 cm³/mol. The van der Waals surface area contributed by atoms with Gasteiger partial charge in [-0.2, -0.15) is 0 Å². The number of hydrogen-bond donors (Lipinski definition) is 3. The van der Waals surface area contributed by atoms with Crippen molar-refractivity contribution in [2.45, 2.75) is 31.9 Å². The van der Waals surface area contributed by atoms with Gasteiger partial charge in [-0.25, -0.2) is 4.79 Å². The van der Waals surface area contributed by atoms with Crippen molar-refractivity contribution in [3.63, 3.8) is 0 Å². The van der Waals surface area contributed by atoms with Gasteiger partial charge in [0.25, 0.3) is 0 Å². The quantitative estimate of drug-likeness (QED) is 0.749. The lowest BCUT2D eigenvalue weighted by Crippen LogP contribution is -2.27. The summed E-state index contributed by atoms with van der Waals surface area (Å²) in [5.74, 6) is -0.542. The van der Waals surface area contributed by atoms with E-state index in [9.17, 15) is 9.90 Å². The van der Waals surface area contributed by atoms with Gasteiger partial charge in [0.1, 0.15) is 4.88 Å². The third-order valence-corrected chi connectivity index (χ3v) is 4.23. The van der Waals surface area contributed by atoms with Gasteiger partial charge in [0.2, 0.25) is 0 Å². The third kappa shape index (κ3) is 3.06. The van der Waals surface area contributed by atoms with Crippen LogP contribution in [0.4, 0.5) is 0 Å². The van der Waals surface area contributed by atoms with Crippen LogP contribution in [-0.2, 0) is 6.54 Å². The van der Waals surface area contributed by atoms with E-state index in [1.54, 1.807) is 5.38 Å². The van der Waals surface area contributed by atoms with E-state index in [1.165, 1.54) is 11.3 Å². The first-order chi connectivity index (χ1) is 8.18. The van der Waals surface area contributed by atoms with Crippen LogP contribution in [0.5, 0.6) is 0 Å². The van der Waals surface area contributed by atoms with E-state index in [1.807, 2.05) is 6.07 Å². The van der Waals surface area contributed by atoms with E-state index < -0.39 is 5.97 Å². The second-order valence-corrected chi connectivity index (χ2v) is 5.39. The summed E-state index contributed by atoms with van der Waals surface area (Å²) in [5, 5.41) is 23.6. The SMILES string of the molecule is O=C(O)c1sccc1CNCC1CCCC1O. The van der Waals surface area contributed by atoms with E-state index in [-0.39, 0.29) is 6.10 Å². The molecule has 2 atom stereocenters. The first kappa shape index (κ1) is 12.5. The van der Waals surface area contributed by atoms with Gasteiger partial charge >= 0.3 is 5.97 Å². The highest BCUT2D eigenvalue weighted by molar-refractivity contribution is 7.12. The van der Waals surface area contributed by atoms with Gasteiger partial charge in [-0.3, -0.25) is 0 Å². The maximum atomic E-state index is 10.9. The van der Waals surface area contributed by atoms with Gasteiger partial charge < -0.3 is 15.5 Å². The molecule has 1 aromatic rings. The summed E-state index contributed by atoms with van der Waals surface area (Å²) in [6, 6.07) is 1.84. The number of aliphatic hydroxyl groups excluding tert-OH is 1. The Morgan fingerprint density at radius 1 is 1.53 bits per heavy atom. The first-order valence-electron chi connectivity index (χ1n) is 5.87. The maximum absolute atomic E-state index is 10.9. The standard InChI is InChI=1S/C12H17NO3S/c14-10-3-1-2-8(10)6-13-7-9-4-5-17-11(9)12(15)16/h4-5,8,10,13-14H,1-3,6-7H2,(H,15,16). The number of carbonyl (C=O) groups is 1. The second-order valence-electron chi connectivity index (χ2n) is 4.47. The van der Waals surface area contributed by atoms with Crippen LogP contribution < -0.4 is 5.32 Å². The van der Waals surface area contributed by atoms with Crippen LogP contribution >= 0.6 is 11.3 Å². The summed E-state index contributed by atoms with van der Waals surface area (Å²) in [5.41, 5.74) is 0.829. The van der Waals surface area contributed by atoms with E-state index in [0.29, 0.717) is 17.3 Å². The normalized spacial score (nSPS) is 24.1. The molecule has 1 fully saturated rings. The molecule has 0 radical (unpaired) electrons. The molecule has 17 heavy (non-hydrogen) atoms. The monoisotopic (exact) mass is 255 g/mol. The van der Waals surface area contributed by atoms with Gasteiger partial charge in [0.05, 0.1) is 6.10 Å². The average Bonchev–Trinajstić information content (AvgIpc) is 2.88. The van der Waals surface area contributed by atoms with Crippen molar-refractivity contribution >= 4 is 17.3 Å². The summed E-state index contributed by atoms with van der Waals surface area (Å²) in [6.45, 7) is 1.32. The largest absolute Gasteiger partial charge is 0.477 e. The number of thiophene rings is 1. The molecule has 0 bridgehead atoms. The molecule has 4 nitrogen and oxygen atoms in total. The van der Waals surface area contributed by atoms with Crippen molar-refractivity contribution in [1.82, 2.24) is 5.32 Å². The molecule has 0 aromatic carbocycles. The Hall–Kier alpha value is -0.910. The lowest BCUT2D eigenvalue weighted by atomic mass is 10.1. The molecule has 1 aliphatic carbocycles. The van der Waals surface area contributed by atoms with Crippen LogP contribution in [0.1, 0.15) is 34.5 Å². The number of carboxylic acid groups (broad SMARTS) is 1. The Morgan fingerprint density at radius 3 is 3.00 bits per heavy atom. The minimum atomic E-state index is -0.863. The number of rotatable bonds is 5. The summed E-state index contributed by atoms with van der Waals surface area (Å²) in [6.07, 6.45) is 2.85. The third-order valence-electron chi connectivity index (χ3n) is 3.28. The molecule has 1 heterocycles. The number of nitrogens with one attached hydrogen (secondary N) is 1. The van der Waals surface area contributed by atoms with E-state index in [2.05, 4.69) is 5.32 Å². The molecule has 1 aromatic heterocycles. The molecule has 1 saturated carbocycles. The molecule has 1 aliphatic rings. The Labute approximate surface area is 104 Å². The van der Waals surface area contributed by atoms with Crippen LogP contribution in [0.3, 0.4) is 0 Å². The fraction of sp³-hybridized carbons (Fsp3) is 0.583. The zero-order chi connectivity index (χ0) is 12.3. The lowest BCUT2D eigenvalue weighted by molar-refractivity contribution is 0.0700. The zero-order valence-corrected chi connectivity index (χ0v) is 10.4. The van der Waals surface area contributed by atoms with Gasteiger partial charge in [-0.05, 0) is 35.8 Å². The van der Waals surface area contributed by atoms with Crippen LogP contribution in [0.15, 0.2) is 11.4 Å². The summed E-state index contributed by atoms with van der Waals surface area (Å²) in [7, 11) is 0. The number of aromatic carboxylic acids is 1. The van der Waals surface area contributed by atoms with E-state index in [0.717, 1.165) is 31.4 Å². The maximum Gasteiger partial charge on any atom is 0.346 e. The molecule has 0 spiro atoms. The molecule has 0 amide bonds. The van der Waals surface area contributed by atoms with Crippen LogP contribution in [-0.4, -0.2) is 28.8 Å². The zero-order valence-electron chi connectivity index (χ0n) is 9.56. The van der Waals surface area contributed by atoms with E-state index >= 15 is 0 Å². The fourth-order valence-electron chi connectivity index (χ4n) is 2.31. The Kier molecular flexibility index (Phi) is 4.15. The van der Waals surface area contributed by atoms with Gasteiger partial charge in [0.15, 0.2) is 0 Å². The smallest absolute Gasteiger partial charge is 0.346 e. The second kappa shape index (κ2) is 5.62. The van der Waals surface area contributed by atoms with Crippen molar-refractivity contribution in [3.8, 4) is 0 Å². The Morgan fingerprint density at radius 2 is 2.35 bits per heavy atom. The van der Waals surface area contributed by atoms with Crippen molar-refractivity contribution < 1.29 is 15.0 Å². The first-order valence-corrected chi connectivity index (χ1v) is 6.75. The Balaban J connectivity index is 1.81. The van der Waals surface area contributed by atoms with Gasteiger partial charge in [-0.1, -0.05) is 6.42 Å². The average molecular weight is 255 g/mol. The molecule has 5 heteroatoms. The van der Waals surface area contributed by atoms with Crippen LogP contribution in [0.2, 0.25) is 0 Å². The van der Waals surface area contributed by atoms with Crippen LogP contribution in [0.25, 0.3) is 0 Å². The molecule has 0 aliphatic heterocycles. The molecular weight excluding hydrogens is 238 g/mol. The Bertz CT molecular complexity index is 391. The number of hydrogen-bond acceptors (Lipinski definition) is 4. The molecular formula is C12H17NO3S. The van der Waals surface area contributed by atoms with Crippen molar-refractivity contribution in [2.75, 3.05) is 6.54 Å². The summed E-state index contributed by atoms with van der Waals surface area (Å²) >= 11 is 1.25. The van der Waals surface area contributed by atoms with Gasteiger partial charge in [-0.15, -0.1) is 11.3 Å². The van der Waals surface area contributed by atoms with Crippen molar-refractivity contribution in [1.29, 1.82) is 0 Å². The minimum Gasteiger partial charge on any atom is -0.477 e. The van der Waals surface area contributed by atoms with Gasteiger partial charge in [0, 0.05) is 13.1 Å². The molecule has 94 valence electrons. The summed E-state index contributed by atoms with van der Waals surface area (Å²) in [4.78, 5) is 11.3. The molecule has 0 saturated heterocycles. The number of carboxylic acids is 1. The minimum absolute atomic E-state index is 0.191. The highest BCUT2D eigenvalue weighted by atomic mass is 32.1. The van der Waals surface area contributed by atoms with Crippen molar-refractivity contribution in [3.05, 3.63) is 21.9 Å².